The molecule has 2 N–H and O–H groups in total. The van der Waals surface area contributed by atoms with Crippen LogP contribution in [-0.4, -0.2) is 40.2 Å². The fourth-order valence-electron chi connectivity index (χ4n) is 3.25. The monoisotopic (exact) mass is 393 g/mol. The van der Waals surface area contributed by atoms with Gasteiger partial charge in [0, 0.05) is 23.2 Å². The van der Waals surface area contributed by atoms with Crippen LogP contribution in [0.4, 0.5) is 0 Å². The predicted octanol–water partition coefficient (Wildman–Crippen LogP) is 3.81. The van der Waals surface area contributed by atoms with Gasteiger partial charge in [-0.25, -0.2) is 4.98 Å². The highest BCUT2D eigenvalue weighted by Crippen LogP contribution is 2.28. The van der Waals surface area contributed by atoms with E-state index in [2.05, 4.69) is 11.9 Å². The molecule has 0 radical (unpaired) electrons. The van der Waals surface area contributed by atoms with Gasteiger partial charge in [-0.05, 0) is 57.0 Å². The summed E-state index contributed by atoms with van der Waals surface area (Å²) in [7, 11) is 0. The number of rotatable bonds is 6. The Hall–Kier alpha value is -1.50. The van der Waals surface area contributed by atoms with Gasteiger partial charge in [-0.3, -0.25) is 4.79 Å². The van der Waals surface area contributed by atoms with Gasteiger partial charge in [0.15, 0.2) is 5.76 Å². The predicted molar refractivity (Wildman–Crippen MR) is 106 cm³/mol. The van der Waals surface area contributed by atoms with Gasteiger partial charge in [-0.2, -0.15) is 0 Å². The molecule has 2 aromatic rings. The van der Waals surface area contributed by atoms with Crippen molar-refractivity contribution in [1.82, 2.24) is 9.88 Å². The van der Waals surface area contributed by atoms with Crippen molar-refractivity contribution < 1.29 is 9.21 Å². The van der Waals surface area contributed by atoms with Crippen LogP contribution in [0.3, 0.4) is 0 Å². The van der Waals surface area contributed by atoms with E-state index in [1.54, 1.807) is 18.0 Å². The Bertz CT molecular complexity index is 749. The lowest BCUT2D eigenvalue weighted by Crippen LogP contribution is -2.39. The third-order valence-electron chi connectivity index (χ3n) is 4.76. The fraction of sp³-hybridized carbons (Fsp3) is 0.474. The van der Waals surface area contributed by atoms with Crippen LogP contribution in [0.5, 0.6) is 0 Å². The SMILES string of the molecule is CC(SCc1ncc(-c2ccc(Cl)cc2)o1)C(=O)N1CC(CN)CC1C. The maximum absolute atomic E-state index is 12.7. The maximum Gasteiger partial charge on any atom is 0.235 e. The molecule has 1 amide bonds. The number of aromatic nitrogens is 1. The summed E-state index contributed by atoms with van der Waals surface area (Å²) in [6.45, 7) is 5.44. The largest absolute Gasteiger partial charge is 0.440 e. The molecule has 26 heavy (non-hydrogen) atoms. The van der Waals surface area contributed by atoms with Crippen LogP contribution in [0.15, 0.2) is 34.9 Å². The van der Waals surface area contributed by atoms with Crippen LogP contribution in [0.1, 0.15) is 26.2 Å². The zero-order chi connectivity index (χ0) is 18.7. The number of halogens is 1. The maximum atomic E-state index is 12.7. The number of oxazole rings is 1. The molecule has 7 heteroatoms. The van der Waals surface area contributed by atoms with E-state index in [1.165, 1.54) is 0 Å². The molecule has 3 unspecified atom stereocenters. The number of amides is 1. The van der Waals surface area contributed by atoms with Crippen molar-refractivity contribution in [2.24, 2.45) is 11.7 Å². The number of hydrogen-bond donors (Lipinski definition) is 1. The smallest absolute Gasteiger partial charge is 0.235 e. The van der Waals surface area contributed by atoms with Gasteiger partial charge in [0.25, 0.3) is 0 Å². The van der Waals surface area contributed by atoms with E-state index in [0.29, 0.717) is 34.9 Å². The Kier molecular flexibility index (Phi) is 6.27. The minimum Gasteiger partial charge on any atom is -0.440 e. The third-order valence-corrected chi connectivity index (χ3v) is 6.13. The number of thioether (sulfide) groups is 1. The van der Waals surface area contributed by atoms with E-state index in [-0.39, 0.29) is 17.2 Å². The van der Waals surface area contributed by atoms with Gasteiger partial charge in [0.05, 0.1) is 17.2 Å². The van der Waals surface area contributed by atoms with Gasteiger partial charge >= 0.3 is 0 Å². The fourth-order valence-corrected chi connectivity index (χ4v) is 4.18. The van der Waals surface area contributed by atoms with Gasteiger partial charge in [0.1, 0.15) is 0 Å². The van der Waals surface area contributed by atoms with Crippen molar-refractivity contribution in [3.05, 3.63) is 41.4 Å². The highest BCUT2D eigenvalue weighted by Gasteiger charge is 2.33. The lowest BCUT2D eigenvalue weighted by atomic mass is 10.1. The van der Waals surface area contributed by atoms with Crippen LogP contribution >= 0.6 is 23.4 Å². The van der Waals surface area contributed by atoms with Crippen LogP contribution < -0.4 is 5.73 Å². The summed E-state index contributed by atoms with van der Waals surface area (Å²) < 4.78 is 5.80. The first-order valence-corrected chi connectivity index (χ1v) is 10.2. The molecule has 1 aliphatic heterocycles. The summed E-state index contributed by atoms with van der Waals surface area (Å²) >= 11 is 7.45. The lowest BCUT2D eigenvalue weighted by Gasteiger charge is -2.24. The molecule has 140 valence electrons. The normalized spacial score (nSPS) is 21.2. The van der Waals surface area contributed by atoms with Crippen molar-refractivity contribution >= 4 is 29.3 Å². The van der Waals surface area contributed by atoms with Gasteiger partial charge in [-0.15, -0.1) is 11.8 Å². The number of likely N-dealkylation sites (tertiary alicyclic amines) is 1. The summed E-state index contributed by atoms with van der Waals surface area (Å²) in [5.74, 6) is 2.47. The summed E-state index contributed by atoms with van der Waals surface area (Å²) in [4.78, 5) is 19.0. The van der Waals surface area contributed by atoms with Crippen molar-refractivity contribution in [3.63, 3.8) is 0 Å². The summed E-state index contributed by atoms with van der Waals surface area (Å²) in [5.41, 5.74) is 6.69. The molecule has 1 saturated heterocycles. The highest BCUT2D eigenvalue weighted by atomic mass is 35.5. The molecule has 0 saturated carbocycles. The van der Waals surface area contributed by atoms with Crippen LogP contribution in [0.2, 0.25) is 5.02 Å². The molecule has 5 nitrogen and oxygen atoms in total. The van der Waals surface area contributed by atoms with E-state index in [1.807, 2.05) is 36.1 Å². The molecule has 1 fully saturated rings. The van der Waals surface area contributed by atoms with Crippen LogP contribution in [0, 0.1) is 5.92 Å². The van der Waals surface area contributed by atoms with Crippen molar-refractivity contribution in [2.75, 3.05) is 13.1 Å². The molecule has 0 aliphatic carbocycles. The molecule has 1 aromatic heterocycles. The first kappa shape index (κ1) is 19.3. The number of hydrogen-bond acceptors (Lipinski definition) is 5. The van der Waals surface area contributed by atoms with E-state index in [4.69, 9.17) is 21.8 Å². The summed E-state index contributed by atoms with van der Waals surface area (Å²) in [5, 5.41) is 0.546. The lowest BCUT2D eigenvalue weighted by molar-refractivity contribution is -0.130. The van der Waals surface area contributed by atoms with Gasteiger partial charge < -0.3 is 15.1 Å². The van der Waals surface area contributed by atoms with E-state index >= 15 is 0 Å². The highest BCUT2D eigenvalue weighted by molar-refractivity contribution is 7.99. The molecule has 2 heterocycles. The topological polar surface area (TPSA) is 72.4 Å². The average Bonchev–Trinajstić information content (AvgIpc) is 3.26. The zero-order valence-electron chi connectivity index (χ0n) is 15.0. The van der Waals surface area contributed by atoms with Crippen molar-refractivity contribution in [3.8, 4) is 11.3 Å². The number of carbonyl (C=O) groups is 1. The Morgan fingerprint density at radius 3 is 2.85 bits per heavy atom. The number of nitrogens with zero attached hydrogens (tertiary/aromatic N) is 2. The molecule has 3 rings (SSSR count). The molecule has 0 bridgehead atoms. The minimum atomic E-state index is -0.139. The number of benzene rings is 1. The minimum absolute atomic E-state index is 0.139. The Balaban J connectivity index is 1.55. The standard InChI is InChI=1S/C19H24ClN3O2S/c1-12-7-14(8-21)10-23(12)19(24)13(2)26-11-18-22-9-17(25-18)15-3-5-16(20)6-4-15/h3-6,9,12-14H,7-8,10-11,21H2,1-2H3. The Labute approximate surface area is 163 Å². The first-order valence-electron chi connectivity index (χ1n) is 8.80. The molecular formula is C19H24ClN3O2S. The summed E-state index contributed by atoms with van der Waals surface area (Å²) in [6, 6.07) is 7.70. The molecule has 1 aliphatic rings. The molecule has 1 aromatic carbocycles. The van der Waals surface area contributed by atoms with E-state index in [9.17, 15) is 4.79 Å². The average molecular weight is 394 g/mol. The molecule has 3 atom stereocenters. The quantitative estimate of drug-likeness (QED) is 0.807. The second-order valence-corrected chi connectivity index (χ2v) is 8.52. The van der Waals surface area contributed by atoms with Crippen LogP contribution in [0.25, 0.3) is 11.3 Å². The third kappa shape index (κ3) is 4.42. The first-order chi connectivity index (χ1) is 12.5. The zero-order valence-corrected chi connectivity index (χ0v) is 16.6. The Morgan fingerprint density at radius 1 is 1.46 bits per heavy atom. The molecule has 0 spiro atoms. The van der Waals surface area contributed by atoms with Gasteiger partial charge in [-0.1, -0.05) is 11.6 Å². The van der Waals surface area contributed by atoms with E-state index < -0.39 is 0 Å². The second kappa shape index (κ2) is 8.46. The van der Waals surface area contributed by atoms with Gasteiger partial charge in [0.2, 0.25) is 11.8 Å². The Morgan fingerprint density at radius 2 is 2.19 bits per heavy atom. The second-order valence-electron chi connectivity index (χ2n) is 6.76. The number of carbonyl (C=O) groups excluding carboxylic acids is 1. The van der Waals surface area contributed by atoms with E-state index in [0.717, 1.165) is 18.5 Å². The van der Waals surface area contributed by atoms with Crippen LogP contribution in [-0.2, 0) is 10.5 Å². The van der Waals surface area contributed by atoms with Crippen molar-refractivity contribution in [1.29, 1.82) is 0 Å². The van der Waals surface area contributed by atoms with Crippen molar-refractivity contribution in [2.45, 2.75) is 37.3 Å². The summed E-state index contributed by atoms with van der Waals surface area (Å²) in [6.07, 6.45) is 2.70. The number of nitrogens with two attached hydrogens (primary N) is 1. The molecular weight excluding hydrogens is 370 g/mol.